The highest BCUT2D eigenvalue weighted by Crippen LogP contribution is 2.14. The van der Waals surface area contributed by atoms with Gasteiger partial charge in [-0.15, -0.1) is 6.58 Å². The second kappa shape index (κ2) is 26.5. The third kappa shape index (κ3) is 25.5. The van der Waals surface area contributed by atoms with Gasteiger partial charge < -0.3 is 0 Å². The summed E-state index contributed by atoms with van der Waals surface area (Å²) >= 11 is 0. The Bertz CT molecular complexity index is 301. The molecule has 0 fully saturated rings. The van der Waals surface area contributed by atoms with Crippen LogP contribution in [0.5, 0.6) is 0 Å². The summed E-state index contributed by atoms with van der Waals surface area (Å²) in [6, 6.07) is 0. The molecule has 0 aliphatic heterocycles. The third-order valence-corrected chi connectivity index (χ3v) is 5.92. The topological polar surface area (TPSA) is 0 Å². The van der Waals surface area contributed by atoms with Crippen LogP contribution < -0.4 is 0 Å². The van der Waals surface area contributed by atoms with E-state index in [9.17, 15) is 0 Å². The van der Waals surface area contributed by atoms with E-state index < -0.39 is 0 Å². The van der Waals surface area contributed by atoms with Crippen LogP contribution in [0, 0.1) is 0 Å². The number of hydrogen-bond acceptors (Lipinski definition) is 0. The van der Waals surface area contributed by atoms with E-state index >= 15 is 0 Å². The normalized spacial score (nSPS) is 11.5. The van der Waals surface area contributed by atoms with Crippen molar-refractivity contribution in [2.24, 2.45) is 0 Å². The fourth-order valence-corrected chi connectivity index (χ4v) is 3.95. The number of allylic oxidation sites excluding steroid dienone is 3. The molecule has 0 heterocycles. The second-order valence-electron chi connectivity index (χ2n) is 8.84. The van der Waals surface area contributed by atoms with Crippen LogP contribution in [0.2, 0.25) is 0 Å². The molecule has 0 saturated heterocycles. The van der Waals surface area contributed by atoms with Crippen molar-refractivity contribution in [2.75, 3.05) is 0 Å². The lowest BCUT2D eigenvalue weighted by atomic mass is 10.0. The molecule has 0 aliphatic carbocycles. The number of rotatable bonds is 24. The average Bonchev–Trinajstić information content (AvgIpc) is 2.71. The lowest BCUT2D eigenvalue weighted by Gasteiger charge is -2.03. The van der Waals surface area contributed by atoms with Gasteiger partial charge in [0, 0.05) is 0 Å². The van der Waals surface area contributed by atoms with Crippen molar-refractivity contribution in [1.82, 2.24) is 0 Å². The zero-order valence-electron chi connectivity index (χ0n) is 19.7. The maximum absolute atomic E-state index is 3.77. The minimum atomic E-state index is 1.17. The van der Waals surface area contributed by atoms with E-state index in [1.165, 1.54) is 148 Å². The first-order valence-corrected chi connectivity index (χ1v) is 13.2. The molecule has 0 bridgehead atoms. The SMILES string of the molecule is C=CCCCCC=CCCCCCCCCCCCCCCCCCCCC. The summed E-state index contributed by atoms with van der Waals surface area (Å²) < 4.78 is 0. The van der Waals surface area contributed by atoms with Crippen molar-refractivity contribution in [1.29, 1.82) is 0 Å². The molecule has 166 valence electrons. The lowest BCUT2D eigenvalue weighted by molar-refractivity contribution is 0.525. The Kier molecular flexibility index (Phi) is 26.0. The van der Waals surface area contributed by atoms with Gasteiger partial charge in [-0.2, -0.15) is 0 Å². The van der Waals surface area contributed by atoms with Crippen molar-refractivity contribution in [3.8, 4) is 0 Å². The molecule has 0 atom stereocenters. The smallest absolute Gasteiger partial charge is 0.0351 e. The van der Waals surface area contributed by atoms with E-state index in [0.29, 0.717) is 0 Å². The number of hydrogen-bond donors (Lipinski definition) is 0. The van der Waals surface area contributed by atoms with Crippen molar-refractivity contribution in [2.45, 2.75) is 155 Å². The second-order valence-corrected chi connectivity index (χ2v) is 8.84. The third-order valence-electron chi connectivity index (χ3n) is 5.92. The summed E-state index contributed by atoms with van der Waals surface area (Å²) in [4.78, 5) is 0. The maximum Gasteiger partial charge on any atom is -0.0351 e. The van der Waals surface area contributed by atoms with E-state index in [2.05, 4.69) is 25.7 Å². The average molecular weight is 391 g/mol. The first-order chi connectivity index (χ1) is 13.9. The predicted molar refractivity (Wildman–Crippen MR) is 131 cm³/mol. The van der Waals surface area contributed by atoms with Gasteiger partial charge >= 0.3 is 0 Å². The van der Waals surface area contributed by atoms with Gasteiger partial charge in [0.15, 0.2) is 0 Å². The van der Waals surface area contributed by atoms with Gasteiger partial charge in [0.1, 0.15) is 0 Å². The van der Waals surface area contributed by atoms with E-state index in [1.807, 2.05) is 6.08 Å². The van der Waals surface area contributed by atoms with Crippen molar-refractivity contribution in [3.63, 3.8) is 0 Å². The van der Waals surface area contributed by atoms with Crippen LogP contribution in [0.15, 0.2) is 24.8 Å². The molecule has 0 aromatic rings. The molecule has 0 amide bonds. The molecule has 0 spiro atoms. The van der Waals surface area contributed by atoms with Crippen LogP contribution in [-0.4, -0.2) is 0 Å². The number of unbranched alkanes of at least 4 members (excludes halogenated alkanes) is 21. The fourth-order valence-electron chi connectivity index (χ4n) is 3.95. The lowest BCUT2D eigenvalue weighted by Crippen LogP contribution is -1.84. The molecule has 0 nitrogen and oxygen atoms in total. The Morgan fingerprint density at radius 1 is 0.393 bits per heavy atom. The van der Waals surface area contributed by atoms with Gasteiger partial charge in [-0.1, -0.05) is 134 Å². The Hall–Kier alpha value is -0.520. The fraction of sp³-hybridized carbons (Fsp3) is 0.857. The van der Waals surface area contributed by atoms with Crippen LogP contribution in [0.4, 0.5) is 0 Å². The zero-order chi connectivity index (χ0) is 20.4. The van der Waals surface area contributed by atoms with Crippen LogP contribution in [-0.2, 0) is 0 Å². The van der Waals surface area contributed by atoms with Gasteiger partial charge in [-0.3, -0.25) is 0 Å². The highest BCUT2D eigenvalue weighted by Gasteiger charge is 1.95. The minimum absolute atomic E-state index is 1.17. The van der Waals surface area contributed by atoms with Gasteiger partial charge in [0.25, 0.3) is 0 Å². The van der Waals surface area contributed by atoms with Crippen molar-refractivity contribution in [3.05, 3.63) is 24.8 Å². The molecule has 0 aromatic carbocycles. The standard InChI is InChI=1S/C28H54/c1-3-5-7-9-11-13-15-17-19-21-23-25-27-28-26-24-22-20-18-16-14-12-10-8-6-4-2/h3,13,15H,1,4-12,14,16-28H2,2H3. The maximum atomic E-state index is 3.77. The summed E-state index contributed by atoms with van der Waals surface area (Å²) in [6.07, 6.45) is 39.4. The predicted octanol–water partition coefficient (Wildman–Crippen LogP) is 10.7. The quantitative estimate of drug-likeness (QED) is 0.113. The van der Waals surface area contributed by atoms with Crippen LogP contribution in [0.3, 0.4) is 0 Å². The van der Waals surface area contributed by atoms with Gasteiger partial charge in [0.2, 0.25) is 0 Å². The summed E-state index contributed by atoms with van der Waals surface area (Å²) in [6.45, 7) is 6.07. The van der Waals surface area contributed by atoms with Gasteiger partial charge in [-0.25, -0.2) is 0 Å². The highest BCUT2D eigenvalue weighted by molar-refractivity contribution is 4.81. The Morgan fingerprint density at radius 3 is 1.04 bits per heavy atom. The zero-order valence-corrected chi connectivity index (χ0v) is 19.7. The van der Waals surface area contributed by atoms with Crippen molar-refractivity contribution >= 4 is 0 Å². The van der Waals surface area contributed by atoms with Crippen molar-refractivity contribution < 1.29 is 0 Å². The van der Waals surface area contributed by atoms with Gasteiger partial charge in [-0.05, 0) is 38.5 Å². The molecule has 0 radical (unpaired) electrons. The minimum Gasteiger partial charge on any atom is -0.103 e. The van der Waals surface area contributed by atoms with Crippen LogP contribution in [0.25, 0.3) is 0 Å². The molecule has 0 heteroatoms. The summed E-state index contributed by atoms with van der Waals surface area (Å²) in [5, 5.41) is 0. The Balaban J connectivity index is 3.03. The first kappa shape index (κ1) is 27.5. The molecule has 0 N–H and O–H groups in total. The van der Waals surface area contributed by atoms with Crippen LogP contribution in [0.1, 0.15) is 155 Å². The molecule has 0 rings (SSSR count). The van der Waals surface area contributed by atoms with E-state index in [0.717, 1.165) is 0 Å². The van der Waals surface area contributed by atoms with Gasteiger partial charge in [0.05, 0.1) is 0 Å². The van der Waals surface area contributed by atoms with E-state index in [-0.39, 0.29) is 0 Å². The summed E-state index contributed by atoms with van der Waals surface area (Å²) in [5.74, 6) is 0. The Morgan fingerprint density at radius 2 is 0.679 bits per heavy atom. The molecular formula is C28H54. The van der Waals surface area contributed by atoms with Crippen LogP contribution >= 0.6 is 0 Å². The van der Waals surface area contributed by atoms with E-state index in [4.69, 9.17) is 0 Å². The van der Waals surface area contributed by atoms with E-state index in [1.54, 1.807) is 0 Å². The molecule has 0 unspecified atom stereocenters. The molecule has 28 heavy (non-hydrogen) atoms. The molecular weight excluding hydrogens is 336 g/mol. The first-order valence-electron chi connectivity index (χ1n) is 13.2. The monoisotopic (exact) mass is 390 g/mol. The highest BCUT2D eigenvalue weighted by atomic mass is 14.0. The summed E-state index contributed by atoms with van der Waals surface area (Å²) in [7, 11) is 0. The summed E-state index contributed by atoms with van der Waals surface area (Å²) in [5.41, 5.74) is 0. The molecule has 0 aliphatic rings. The largest absolute Gasteiger partial charge is 0.103 e. The molecule has 0 saturated carbocycles. The molecule has 0 aromatic heterocycles. The Labute approximate surface area is 179 Å².